The molecule has 1 aromatic heterocycles. The highest BCUT2D eigenvalue weighted by atomic mass is 19.1. The van der Waals surface area contributed by atoms with Crippen LogP contribution in [0, 0.1) is 5.82 Å². The van der Waals surface area contributed by atoms with E-state index >= 15 is 0 Å². The van der Waals surface area contributed by atoms with Crippen molar-refractivity contribution in [1.29, 1.82) is 0 Å². The van der Waals surface area contributed by atoms with E-state index in [0.717, 1.165) is 38.9 Å². The van der Waals surface area contributed by atoms with E-state index in [2.05, 4.69) is 27.3 Å². The van der Waals surface area contributed by atoms with E-state index in [9.17, 15) is 14.0 Å². The van der Waals surface area contributed by atoms with Crippen LogP contribution in [0.2, 0.25) is 0 Å². The number of aromatic nitrogens is 2. The van der Waals surface area contributed by atoms with Crippen LogP contribution in [0.4, 0.5) is 10.1 Å². The van der Waals surface area contributed by atoms with Gasteiger partial charge in [-0.15, -0.1) is 0 Å². The van der Waals surface area contributed by atoms with Crippen LogP contribution in [0.25, 0.3) is 0 Å². The zero-order valence-corrected chi connectivity index (χ0v) is 20.7. The normalized spacial score (nSPS) is 21.8. The molecule has 10 heteroatoms. The summed E-state index contributed by atoms with van der Waals surface area (Å²) in [7, 11) is 5.61. The Morgan fingerprint density at radius 3 is 2.71 bits per heavy atom. The summed E-state index contributed by atoms with van der Waals surface area (Å²) in [5.74, 6) is -0.870. The second kappa shape index (κ2) is 11.3. The summed E-state index contributed by atoms with van der Waals surface area (Å²) in [5.41, 5.74) is 0.831. The fourth-order valence-corrected chi connectivity index (χ4v) is 4.89. The van der Waals surface area contributed by atoms with E-state index < -0.39 is 5.82 Å². The van der Waals surface area contributed by atoms with Crippen molar-refractivity contribution in [3.05, 3.63) is 48.0 Å². The number of carbonyl (C=O) groups excluding carboxylic acids is 2. The minimum Gasteiger partial charge on any atom is -0.370 e. The van der Waals surface area contributed by atoms with Crippen LogP contribution >= 0.6 is 0 Å². The number of benzene rings is 1. The molecule has 190 valence electrons. The molecule has 2 amide bonds. The number of hydrogen-bond acceptors (Lipinski definition) is 6. The lowest BCUT2D eigenvalue weighted by molar-refractivity contribution is -0.134. The van der Waals surface area contributed by atoms with Gasteiger partial charge in [0.2, 0.25) is 5.91 Å². The number of ether oxygens (including phenoxy) is 1. The fraction of sp³-hybridized carbons (Fsp3) is 0.560. The molecule has 3 heterocycles. The highest BCUT2D eigenvalue weighted by Gasteiger charge is 2.38. The number of halogens is 1. The Morgan fingerprint density at radius 1 is 1.23 bits per heavy atom. The molecule has 0 saturated carbocycles. The summed E-state index contributed by atoms with van der Waals surface area (Å²) in [4.78, 5) is 30.8. The molecule has 9 nitrogen and oxygen atoms in total. The van der Waals surface area contributed by atoms with Gasteiger partial charge in [-0.3, -0.25) is 19.2 Å². The van der Waals surface area contributed by atoms with Gasteiger partial charge in [-0.05, 0) is 57.6 Å². The molecule has 1 N–H and O–H groups in total. The van der Waals surface area contributed by atoms with Crippen LogP contribution in [0.15, 0.2) is 36.7 Å². The van der Waals surface area contributed by atoms with Gasteiger partial charge >= 0.3 is 0 Å². The first-order valence-corrected chi connectivity index (χ1v) is 12.1. The number of hydrogen-bond donors (Lipinski definition) is 1. The third kappa shape index (κ3) is 6.45. The second-order valence-electron chi connectivity index (χ2n) is 9.75. The van der Waals surface area contributed by atoms with Gasteiger partial charge in [-0.25, -0.2) is 4.39 Å². The number of carbonyl (C=O) groups is 2. The molecule has 0 aliphatic carbocycles. The summed E-state index contributed by atoms with van der Waals surface area (Å²) in [5, 5.41) is 7.31. The Hall–Kier alpha value is -2.82. The van der Waals surface area contributed by atoms with Crippen molar-refractivity contribution in [1.82, 2.24) is 24.5 Å². The predicted octanol–water partition coefficient (Wildman–Crippen LogP) is 2.09. The van der Waals surface area contributed by atoms with E-state index in [4.69, 9.17) is 4.74 Å². The van der Waals surface area contributed by atoms with E-state index in [0.29, 0.717) is 18.3 Å². The standard InChI is InChI=1S/C25H35FN6O3/c1-29(2)24(33)17-35-16-23-12-22(15-31(23)21-7-9-30(3)10-8-21)32-14-20(13-27-32)28-25(34)18-5-4-6-19(26)11-18/h4-6,11,13-14,21-23H,7-10,12,15-17H2,1-3H3,(H,28,34)/t22-,23-/m0/s1. The van der Waals surface area contributed by atoms with Gasteiger partial charge in [-0.2, -0.15) is 5.10 Å². The largest absolute Gasteiger partial charge is 0.370 e. The number of piperidine rings is 1. The van der Waals surface area contributed by atoms with Crippen molar-refractivity contribution in [3.8, 4) is 0 Å². The van der Waals surface area contributed by atoms with Crippen molar-refractivity contribution < 1.29 is 18.7 Å². The quantitative estimate of drug-likeness (QED) is 0.615. The monoisotopic (exact) mass is 486 g/mol. The Bertz CT molecular complexity index is 1020. The molecule has 0 unspecified atom stereocenters. The summed E-state index contributed by atoms with van der Waals surface area (Å²) in [6, 6.07) is 6.40. The molecule has 2 aromatic rings. The summed E-state index contributed by atoms with van der Waals surface area (Å²) >= 11 is 0. The molecule has 2 fully saturated rings. The molecule has 2 aliphatic heterocycles. The lowest BCUT2D eigenvalue weighted by Crippen LogP contribution is -2.47. The van der Waals surface area contributed by atoms with Gasteiger partial charge in [0.15, 0.2) is 0 Å². The number of likely N-dealkylation sites (tertiary alicyclic amines) is 2. The summed E-state index contributed by atoms with van der Waals surface area (Å²) in [6.07, 6.45) is 6.50. The lowest BCUT2D eigenvalue weighted by Gasteiger charge is -2.38. The zero-order valence-electron chi connectivity index (χ0n) is 20.7. The number of nitrogens with one attached hydrogen (secondary N) is 1. The minimum atomic E-state index is -0.450. The van der Waals surface area contributed by atoms with Crippen molar-refractivity contribution in [2.45, 2.75) is 37.4 Å². The Labute approximate surface area is 205 Å². The predicted molar refractivity (Wildman–Crippen MR) is 131 cm³/mol. The van der Waals surface area contributed by atoms with Gasteiger partial charge in [0.25, 0.3) is 5.91 Å². The molecule has 1 aromatic carbocycles. The molecular weight excluding hydrogens is 451 g/mol. The molecule has 2 saturated heterocycles. The van der Waals surface area contributed by atoms with Gasteiger partial charge in [0.05, 0.1) is 24.5 Å². The average molecular weight is 487 g/mol. The number of rotatable bonds is 8. The molecule has 2 atom stereocenters. The Kier molecular flexibility index (Phi) is 8.15. The maximum Gasteiger partial charge on any atom is 0.255 e. The van der Waals surface area contributed by atoms with Gasteiger partial charge in [-0.1, -0.05) is 6.07 Å². The van der Waals surface area contributed by atoms with Crippen LogP contribution in [-0.4, -0.2) is 102 Å². The topological polar surface area (TPSA) is 82.9 Å². The first-order chi connectivity index (χ1) is 16.8. The van der Waals surface area contributed by atoms with Gasteiger partial charge < -0.3 is 19.9 Å². The van der Waals surface area contributed by atoms with Gasteiger partial charge in [0.1, 0.15) is 12.4 Å². The Balaban J connectivity index is 1.41. The van der Waals surface area contributed by atoms with Crippen molar-refractivity contribution in [2.24, 2.45) is 0 Å². The molecule has 0 spiro atoms. The van der Waals surface area contributed by atoms with E-state index in [-0.39, 0.29) is 36.1 Å². The average Bonchev–Trinajstić information content (AvgIpc) is 3.46. The molecule has 35 heavy (non-hydrogen) atoms. The molecule has 0 radical (unpaired) electrons. The maximum absolute atomic E-state index is 13.5. The van der Waals surface area contributed by atoms with Crippen molar-refractivity contribution in [3.63, 3.8) is 0 Å². The van der Waals surface area contributed by atoms with Crippen molar-refractivity contribution >= 4 is 17.5 Å². The zero-order chi connectivity index (χ0) is 24.9. The fourth-order valence-electron chi connectivity index (χ4n) is 4.89. The van der Waals surface area contributed by atoms with Crippen molar-refractivity contribution in [2.75, 3.05) is 59.3 Å². The summed E-state index contributed by atoms with van der Waals surface area (Å²) in [6.45, 7) is 3.54. The highest BCUT2D eigenvalue weighted by molar-refractivity contribution is 6.04. The highest BCUT2D eigenvalue weighted by Crippen LogP contribution is 2.32. The first-order valence-electron chi connectivity index (χ1n) is 12.1. The van der Waals surface area contributed by atoms with Gasteiger partial charge in [0, 0.05) is 44.5 Å². The van der Waals surface area contributed by atoms with Crippen LogP contribution in [0.5, 0.6) is 0 Å². The SMILES string of the molecule is CN1CCC(N2C[C@@H](n3cc(NC(=O)c4cccc(F)c4)cn3)C[C@H]2COCC(=O)N(C)C)CC1. The molecule has 4 rings (SSSR count). The number of likely N-dealkylation sites (N-methyl/N-ethyl adjacent to an activating group) is 1. The van der Waals surface area contributed by atoms with Crippen LogP contribution in [0.3, 0.4) is 0 Å². The Morgan fingerprint density at radius 2 is 2.00 bits per heavy atom. The third-order valence-corrected chi connectivity index (χ3v) is 6.95. The number of anilines is 1. The van der Waals surface area contributed by atoms with Crippen LogP contribution in [0.1, 0.15) is 35.7 Å². The van der Waals surface area contributed by atoms with Crippen LogP contribution < -0.4 is 5.32 Å². The summed E-state index contributed by atoms with van der Waals surface area (Å²) < 4.78 is 21.2. The van der Waals surface area contributed by atoms with E-state index in [1.165, 1.54) is 23.1 Å². The molecule has 2 aliphatic rings. The van der Waals surface area contributed by atoms with Crippen LogP contribution in [-0.2, 0) is 9.53 Å². The third-order valence-electron chi connectivity index (χ3n) is 6.95. The lowest BCUT2D eigenvalue weighted by atomic mass is 10.0. The number of amides is 2. The molecular formula is C25H35FN6O3. The smallest absolute Gasteiger partial charge is 0.255 e. The minimum absolute atomic E-state index is 0.0452. The van der Waals surface area contributed by atoms with E-state index in [1.807, 2.05) is 10.9 Å². The first kappa shape index (κ1) is 25.3. The van der Waals surface area contributed by atoms with E-state index in [1.54, 1.807) is 26.4 Å². The number of nitrogens with zero attached hydrogens (tertiary/aromatic N) is 5. The maximum atomic E-state index is 13.5. The molecule has 0 bridgehead atoms. The second-order valence-corrected chi connectivity index (χ2v) is 9.75.